The summed E-state index contributed by atoms with van der Waals surface area (Å²) in [4.78, 5) is 26.4. The molecule has 4 N–H and O–H groups in total. The van der Waals surface area contributed by atoms with Gasteiger partial charge in [0.15, 0.2) is 0 Å². The second-order valence-corrected chi connectivity index (χ2v) is 7.92. The summed E-state index contributed by atoms with van der Waals surface area (Å²) in [5.74, 6) is -0.576. The summed E-state index contributed by atoms with van der Waals surface area (Å²) in [6.07, 6.45) is 7.64. The molecule has 2 aliphatic rings. The Labute approximate surface area is 202 Å². The van der Waals surface area contributed by atoms with Gasteiger partial charge in [-0.2, -0.15) is 5.10 Å². The molecule has 1 aliphatic carbocycles. The average molecular weight is 487 g/mol. The Morgan fingerprint density at radius 1 is 1.29 bits per heavy atom. The van der Waals surface area contributed by atoms with Crippen LogP contribution in [0.4, 0.5) is 10.2 Å². The number of nitrogens with two attached hydrogens (primary N) is 1. The molecule has 0 fully saturated rings. The number of allylic oxidation sites excluding steroid dienone is 4. The van der Waals surface area contributed by atoms with E-state index in [4.69, 9.17) is 17.3 Å². The molecule has 0 saturated carbocycles. The molecule has 1 aliphatic heterocycles. The molecular weight excluding hydrogens is 459 g/mol. The summed E-state index contributed by atoms with van der Waals surface area (Å²) < 4.78 is 16.4. The number of halogens is 2. The molecule has 0 unspecified atom stereocenters. The number of carbonyl (C=O) groups is 2. The highest BCUT2D eigenvalue weighted by atomic mass is 35.5. The van der Waals surface area contributed by atoms with E-state index in [9.17, 15) is 14.0 Å². The predicted molar refractivity (Wildman–Crippen MR) is 130 cm³/mol. The summed E-state index contributed by atoms with van der Waals surface area (Å²) in [6, 6.07) is 4.21. The van der Waals surface area contributed by atoms with Crippen LogP contribution in [0.1, 0.15) is 41.8 Å². The minimum Gasteiger partial charge on any atom is -0.351 e. The van der Waals surface area contributed by atoms with Crippen LogP contribution in [0.3, 0.4) is 0 Å². The van der Waals surface area contributed by atoms with Gasteiger partial charge < -0.3 is 21.3 Å². The molecular formula is C24H28ClFN6O2. The number of anilines is 1. The maximum atomic E-state index is 14.7. The van der Waals surface area contributed by atoms with Crippen LogP contribution < -0.4 is 16.4 Å². The van der Waals surface area contributed by atoms with Crippen LogP contribution in [0.5, 0.6) is 0 Å². The number of hydrogen-bond acceptors (Lipinski definition) is 5. The molecule has 2 aromatic rings. The fourth-order valence-electron chi connectivity index (χ4n) is 3.55. The highest BCUT2D eigenvalue weighted by Crippen LogP contribution is 2.33. The second-order valence-electron chi connectivity index (χ2n) is 7.43. The maximum absolute atomic E-state index is 14.7. The minimum atomic E-state index is -0.586. The van der Waals surface area contributed by atoms with Gasteiger partial charge in [0.1, 0.15) is 11.6 Å². The Morgan fingerprint density at radius 2 is 2.06 bits per heavy atom. The molecule has 10 heteroatoms. The van der Waals surface area contributed by atoms with E-state index in [1.54, 1.807) is 34.0 Å². The van der Waals surface area contributed by atoms with Crippen LogP contribution >= 0.6 is 11.6 Å². The van der Waals surface area contributed by atoms with Crippen molar-refractivity contribution in [3.05, 3.63) is 81.6 Å². The molecule has 0 atom stereocenters. The van der Waals surface area contributed by atoms with E-state index in [0.717, 1.165) is 11.4 Å². The van der Waals surface area contributed by atoms with Crippen molar-refractivity contribution in [3.63, 3.8) is 0 Å². The van der Waals surface area contributed by atoms with E-state index < -0.39 is 5.82 Å². The summed E-state index contributed by atoms with van der Waals surface area (Å²) in [5.41, 5.74) is 7.87. The molecule has 2 heterocycles. The number of rotatable bonds is 4. The smallest absolute Gasteiger partial charge is 0.258 e. The highest BCUT2D eigenvalue weighted by molar-refractivity contribution is 6.29. The van der Waals surface area contributed by atoms with Gasteiger partial charge in [0.25, 0.3) is 5.91 Å². The molecule has 4 rings (SSSR count). The highest BCUT2D eigenvalue weighted by Gasteiger charge is 2.29. The number of carbonyl (C=O) groups excluding carboxylic acids is 2. The zero-order valence-electron chi connectivity index (χ0n) is 19.4. The first-order valence-corrected chi connectivity index (χ1v) is 11.4. The van der Waals surface area contributed by atoms with Crippen LogP contribution in [-0.4, -0.2) is 33.0 Å². The van der Waals surface area contributed by atoms with E-state index >= 15 is 0 Å². The third-order valence-electron chi connectivity index (χ3n) is 5.29. The normalized spacial score (nSPS) is 14.5. The van der Waals surface area contributed by atoms with Crippen molar-refractivity contribution in [3.8, 4) is 0 Å². The van der Waals surface area contributed by atoms with E-state index in [0.29, 0.717) is 22.8 Å². The first-order valence-electron chi connectivity index (χ1n) is 11.0. The lowest BCUT2D eigenvalue weighted by molar-refractivity contribution is -0.119. The second kappa shape index (κ2) is 11.1. The maximum Gasteiger partial charge on any atom is 0.258 e. The van der Waals surface area contributed by atoms with E-state index in [1.165, 1.54) is 12.1 Å². The SMILES string of the molecule is CC.Cn1ncc2c1NC1=CCC(Cl)=CC=C1N(C(=O)c1ccc(CNC(=O)CN)c(F)c1)C2. The molecule has 1 aromatic carbocycles. The Kier molecular flexibility index (Phi) is 8.25. The van der Waals surface area contributed by atoms with Gasteiger partial charge in [-0.05, 0) is 24.3 Å². The Balaban J connectivity index is 0.00000158. The van der Waals surface area contributed by atoms with Gasteiger partial charge in [0, 0.05) is 41.7 Å². The number of nitrogens with one attached hydrogen (secondary N) is 2. The van der Waals surface area contributed by atoms with Crippen molar-refractivity contribution >= 4 is 29.2 Å². The number of nitrogens with zero attached hydrogens (tertiary/aromatic N) is 3. The molecule has 8 nitrogen and oxygen atoms in total. The summed E-state index contributed by atoms with van der Waals surface area (Å²) in [7, 11) is 1.81. The molecule has 0 saturated heterocycles. The van der Waals surface area contributed by atoms with Crippen LogP contribution in [-0.2, 0) is 24.9 Å². The van der Waals surface area contributed by atoms with Crippen molar-refractivity contribution in [2.75, 3.05) is 11.9 Å². The van der Waals surface area contributed by atoms with Crippen molar-refractivity contribution < 1.29 is 14.0 Å². The van der Waals surface area contributed by atoms with Crippen molar-refractivity contribution in [2.24, 2.45) is 12.8 Å². The first-order chi connectivity index (χ1) is 16.4. The van der Waals surface area contributed by atoms with Crippen LogP contribution in [0.15, 0.2) is 59.1 Å². The molecule has 34 heavy (non-hydrogen) atoms. The third kappa shape index (κ3) is 5.37. The number of hydrogen-bond donors (Lipinski definition) is 3. The van der Waals surface area contributed by atoms with Gasteiger partial charge in [-0.15, -0.1) is 0 Å². The van der Waals surface area contributed by atoms with E-state index in [1.807, 2.05) is 27.0 Å². The first kappa shape index (κ1) is 25.2. The van der Waals surface area contributed by atoms with Gasteiger partial charge in [0.05, 0.1) is 30.7 Å². The summed E-state index contributed by atoms with van der Waals surface area (Å²) in [6.45, 7) is 4.06. The molecule has 0 bridgehead atoms. The Hall–Kier alpha value is -3.43. The zero-order chi connectivity index (χ0) is 24.8. The summed E-state index contributed by atoms with van der Waals surface area (Å²) in [5, 5.41) is 10.8. The van der Waals surface area contributed by atoms with Crippen molar-refractivity contribution in [1.29, 1.82) is 0 Å². The topological polar surface area (TPSA) is 105 Å². The molecule has 1 aromatic heterocycles. The van der Waals surface area contributed by atoms with Crippen LogP contribution in [0, 0.1) is 5.82 Å². The largest absolute Gasteiger partial charge is 0.351 e. The Morgan fingerprint density at radius 3 is 2.76 bits per heavy atom. The van der Waals surface area contributed by atoms with Gasteiger partial charge >= 0.3 is 0 Å². The van der Waals surface area contributed by atoms with Crippen LogP contribution in [0.2, 0.25) is 0 Å². The number of fused-ring (bicyclic) bond motifs is 2. The van der Waals surface area contributed by atoms with Crippen molar-refractivity contribution in [2.45, 2.75) is 33.4 Å². The fraction of sp³-hybridized carbons (Fsp3) is 0.292. The molecule has 2 amide bonds. The fourth-order valence-corrected chi connectivity index (χ4v) is 3.69. The number of aromatic nitrogens is 2. The average Bonchev–Trinajstić information content (AvgIpc) is 2.99. The van der Waals surface area contributed by atoms with Gasteiger partial charge in [-0.3, -0.25) is 14.3 Å². The summed E-state index contributed by atoms with van der Waals surface area (Å²) >= 11 is 6.22. The lowest BCUT2D eigenvalue weighted by Gasteiger charge is -2.24. The lowest BCUT2D eigenvalue weighted by atomic mass is 10.1. The molecule has 0 spiro atoms. The van der Waals surface area contributed by atoms with Crippen LogP contribution in [0.25, 0.3) is 0 Å². The van der Waals surface area contributed by atoms with Gasteiger partial charge in [-0.1, -0.05) is 37.6 Å². The minimum absolute atomic E-state index is 0.00957. The van der Waals surface area contributed by atoms with Crippen molar-refractivity contribution in [1.82, 2.24) is 20.0 Å². The monoisotopic (exact) mass is 486 g/mol. The number of benzene rings is 1. The predicted octanol–water partition coefficient (Wildman–Crippen LogP) is 3.52. The zero-order valence-corrected chi connectivity index (χ0v) is 20.1. The number of aryl methyl sites for hydroxylation is 1. The van der Waals surface area contributed by atoms with E-state index in [2.05, 4.69) is 15.7 Å². The molecule has 0 radical (unpaired) electrons. The quantitative estimate of drug-likeness (QED) is 0.613. The van der Waals surface area contributed by atoms with Gasteiger partial charge in [0.2, 0.25) is 5.91 Å². The third-order valence-corrected chi connectivity index (χ3v) is 5.57. The van der Waals surface area contributed by atoms with E-state index in [-0.39, 0.29) is 42.6 Å². The Bertz CT molecular complexity index is 1180. The molecule has 180 valence electrons. The van der Waals surface area contributed by atoms with Gasteiger partial charge in [-0.25, -0.2) is 4.39 Å². The standard InChI is InChI=1S/C22H22ClFN6O2.C2H6/c1-29-21-15(11-27-29)12-30(19-7-5-16(23)4-6-18(19)28-21)22(32)13-2-3-14(17(24)8-13)10-26-20(31)9-25;1-2/h2-3,5-8,11,28H,4,9-10,12,25H2,1H3,(H,26,31);1-2H3. The lowest BCUT2D eigenvalue weighted by Crippen LogP contribution is -2.31. The number of amides is 2.